The van der Waals surface area contributed by atoms with E-state index in [2.05, 4.69) is 0 Å². The zero-order chi connectivity index (χ0) is 8.94. The largest absolute Gasteiger partial charge is 0.327 e. The second-order valence-corrected chi connectivity index (χ2v) is 5.88. The summed E-state index contributed by atoms with van der Waals surface area (Å²) < 4.78 is 0. The van der Waals surface area contributed by atoms with Crippen LogP contribution in [0.1, 0.15) is 57.8 Å². The van der Waals surface area contributed by atoms with Gasteiger partial charge in [0.05, 0.1) is 0 Å². The van der Waals surface area contributed by atoms with Gasteiger partial charge in [-0.05, 0) is 55.8 Å². The Hall–Kier alpha value is -0.0400. The molecule has 1 atom stereocenters. The molecule has 3 aliphatic carbocycles. The van der Waals surface area contributed by atoms with E-state index in [0.29, 0.717) is 11.5 Å². The minimum Gasteiger partial charge on any atom is -0.327 e. The van der Waals surface area contributed by atoms with Gasteiger partial charge < -0.3 is 5.73 Å². The Morgan fingerprint density at radius 3 is 1.85 bits per heavy atom. The molecule has 2 spiro atoms. The van der Waals surface area contributed by atoms with E-state index in [1.54, 1.807) is 0 Å². The summed E-state index contributed by atoms with van der Waals surface area (Å²) in [6.07, 6.45) is 13.3. The molecular weight excluding hydrogens is 158 g/mol. The van der Waals surface area contributed by atoms with Gasteiger partial charge in [-0.1, -0.05) is 12.8 Å². The molecule has 3 saturated carbocycles. The molecule has 2 N–H and O–H groups in total. The number of hydrogen-bond donors (Lipinski definition) is 1. The lowest BCUT2D eigenvalue weighted by atomic mass is 9.68. The van der Waals surface area contributed by atoms with Gasteiger partial charge in [-0.25, -0.2) is 0 Å². The highest BCUT2D eigenvalue weighted by Gasteiger charge is 2.55. The molecule has 3 aliphatic rings. The van der Waals surface area contributed by atoms with Gasteiger partial charge in [0, 0.05) is 6.04 Å². The zero-order valence-corrected chi connectivity index (χ0v) is 8.52. The molecule has 1 nitrogen and oxygen atoms in total. The molecule has 0 aromatic heterocycles. The van der Waals surface area contributed by atoms with Crippen molar-refractivity contribution in [3.8, 4) is 0 Å². The van der Waals surface area contributed by atoms with Crippen LogP contribution in [-0.2, 0) is 0 Å². The molecule has 74 valence electrons. The first kappa shape index (κ1) is 8.28. The quantitative estimate of drug-likeness (QED) is 0.608. The molecule has 0 aromatic rings. The van der Waals surface area contributed by atoms with Crippen molar-refractivity contribution in [2.24, 2.45) is 16.6 Å². The van der Waals surface area contributed by atoms with Gasteiger partial charge in [0.15, 0.2) is 0 Å². The highest BCUT2D eigenvalue weighted by molar-refractivity contribution is 5.10. The Kier molecular flexibility index (Phi) is 1.59. The Morgan fingerprint density at radius 1 is 0.846 bits per heavy atom. The average Bonchev–Trinajstić information content (AvgIpc) is 2.61. The van der Waals surface area contributed by atoms with Crippen molar-refractivity contribution in [2.45, 2.75) is 63.8 Å². The summed E-state index contributed by atoms with van der Waals surface area (Å²) in [6, 6.07) is 0.575. The normalized spacial score (nSPS) is 39.9. The average molecular weight is 179 g/mol. The van der Waals surface area contributed by atoms with Gasteiger partial charge in [0.25, 0.3) is 0 Å². The summed E-state index contributed by atoms with van der Waals surface area (Å²) in [6.45, 7) is 0. The Labute approximate surface area is 81.1 Å². The fourth-order valence-corrected chi connectivity index (χ4v) is 3.86. The third-order valence-electron chi connectivity index (χ3n) is 5.22. The fraction of sp³-hybridized carbons (Fsp3) is 1.00. The monoisotopic (exact) mass is 179 g/mol. The molecule has 0 radical (unpaired) electrons. The topological polar surface area (TPSA) is 26.0 Å². The van der Waals surface area contributed by atoms with Crippen LogP contribution in [0.25, 0.3) is 0 Å². The predicted molar refractivity (Wildman–Crippen MR) is 54.4 cm³/mol. The first-order valence-electron chi connectivity index (χ1n) is 6.01. The van der Waals surface area contributed by atoms with E-state index in [4.69, 9.17) is 5.73 Å². The molecule has 3 rings (SSSR count). The van der Waals surface area contributed by atoms with Crippen molar-refractivity contribution < 1.29 is 0 Å². The van der Waals surface area contributed by atoms with Crippen molar-refractivity contribution >= 4 is 0 Å². The second kappa shape index (κ2) is 2.50. The Bertz CT molecular complexity index is 205. The smallest absolute Gasteiger partial charge is 0.0102 e. The van der Waals surface area contributed by atoms with Crippen molar-refractivity contribution in [1.29, 1.82) is 0 Å². The highest BCUT2D eigenvalue weighted by atomic mass is 14.8. The van der Waals surface area contributed by atoms with E-state index < -0.39 is 0 Å². The maximum Gasteiger partial charge on any atom is 0.0102 e. The van der Waals surface area contributed by atoms with E-state index in [9.17, 15) is 0 Å². The summed E-state index contributed by atoms with van der Waals surface area (Å²) in [5.41, 5.74) is 7.46. The molecule has 0 aliphatic heterocycles. The van der Waals surface area contributed by atoms with Gasteiger partial charge in [-0.2, -0.15) is 0 Å². The van der Waals surface area contributed by atoms with E-state index in [1.165, 1.54) is 57.8 Å². The third kappa shape index (κ3) is 1.16. The molecule has 1 heteroatoms. The second-order valence-electron chi connectivity index (χ2n) is 5.88. The van der Waals surface area contributed by atoms with Crippen LogP contribution in [0, 0.1) is 10.8 Å². The summed E-state index contributed by atoms with van der Waals surface area (Å²) in [5, 5.41) is 0. The molecule has 0 heterocycles. The maximum absolute atomic E-state index is 6.02. The summed E-state index contributed by atoms with van der Waals surface area (Å²) >= 11 is 0. The molecule has 0 aromatic carbocycles. The van der Waals surface area contributed by atoms with E-state index in [-0.39, 0.29) is 0 Å². The van der Waals surface area contributed by atoms with Gasteiger partial charge in [0.2, 0.25) is 0 Å². The van der Waals surface area contributed by atoms with Crippen molar-refractivity contribution in [3.63, 3.8) is 0 Å². The van der Waals surface area contributed by atoms with E-state index >= 15 is 0 Å². The fourth-order valence-electron chi connectivity index (χ4n) is 3.86. The third-order valence-corrected chi connectivity index (χ3v) is 5.22. The number of hydrogen-bond acceptors (Lipinski definition) is 1. The molecular formula is C12H21N. The summed E-state index contributed by atoms with van der Waals surface area (Å²) in [7, 11) is 0. The molecule has 3 fully saturated rings. The van der Waals surface area contributed by atoms with Gasteiger partial charge in [-0.15, -0.1) is 0 Å². The SMILES string of the molecule is NC1CC12CCC1(CCCC1)CC2. The van der Waals surface area contributed by atoms with Crippen LogP contribution < -0.4 is 5.73 Å². The lowest BCUT2D eigenvalue weighted by Crippen LogP contribution is -2.28. The first-order valence-corrected chi connectivity index (χ1v) is 6.01. The van der Waals surface area contributed by atoms with Crippen molar-refractivity contribution in [1.82, 2.24) is 0 Å². The van der Waals surface area contributed by atoms with Crippen LogP contribution in [0.15, 0.2) is 0 Å². The molecule has 0 amide bonds. The molecule has 0 bridgehead atoms. The standard InChI is InChI=1S/C12H21N/c13-10-9-12(10)7-5-11(6-8-12)3-1-2-4-11/h10H,1-9,13H2. The van der Waals surface area contributed by atoms with Crippen LogP contribution in [0.4, 0.5) is 0 Å². The highest BCUT2D eigenvalue weighted by Crippen LogP contribution is 2.62. The molecule has 1 unspecified atom stereocenters. The van der Waals surface area contributed by atoms with Crippen LogP contribution in [-0.4, -0.2) is 6.04 Å². The van der Waals surface area contributed by atoms with Crippen molar-refractivity contribution in [3.05, 3.63) is 0 Å². The molecule has 13 heavy (non-hydrogen) atoms. The Morgan fingerprint density at radius 2 is 1.38 bits per heavy atom. The van der Waals surface area contributed by atoms with Gasteiger partial charge >= 0.3 is 0 Å². The lowest BCUT2D eigenvalue weighted by Gasteiger charge is -2.38. The van der Waals surface area contributed by atoms with Crippen LogP contribution in [0.3, 0.4) is 0 Å². The minimum absolute atomic E-state index is 0.575. The Balaban J connectivity index is 1.67. The number of nitrogens with two attached hydrogens (primary N) is 1. The first-order chi connectivity index (χ1) is 6.25. The predicted octanol–water partition coefficient (Wildman–Crippen LogP) is 2.84. The minimum atomic E-state index is 0.575. The van der Waals surface area contributed by atoms with Gasteiger partial charge in [0.1, 0.15) is 0 Å². The van der Waals surface area contributed by atoms with Crippen molar-refractivity contribution in [2.75, 3.05) is 0 Å². The van der Waals surface area contributed by atoms with Gasteiger partial charge in [-0.3, -0.25) is 0 Å². The summed E-state index contributed by atoms with van der Waals surface area (Å²) in [4.78, 5) is 0. The molecule has 0 saturated heterocycles. The summed E-state index contributed by atoms with van der Waals surface area (Å²) in [5.74, 6) is 0. The van der Waals surface area contributed by atoms with E-state index in [1.807, 2.05) is 0 Å². The lowest BCUT2D eigenvalue weighted by molar-refractivity contribution is 0.141. The van der Waals surface area contributed by atoms with Crippen LogP contribution in [0.2, 0.25) is 0 Å². The zero-order valence-electron chi connectivity index (χ0n) is 8.52. The van der Waals surface area contributed by atoms with Crippen LogP contribution >= 0.6 is 0 Å². The van der Waals surface area contributed by atoms with Crippen LogP contribution in [0.5, 0.6) is 0 Å². The number of rotatable bonds is 0. The van der Waals surface area contributed by atoms with E-state index in [0.717, 1.165) is 5.41 Å². The maximum atomic E-state index is 6.02.